The van der Waals surface area contributed by atoms with Crippen molar-refractivity contribution >= 4 is 54.0 Å². The number of nitrogens with one attached hydrogen (secondary N) is 2. The van der Waals surface area contributed by atoms with Crippen LogP contribution in [0.25, 0.3) is 10.2 Å². The number of hydrazine groups is 1. The van der Waals surface area contributed by atoms with E-state index in [4.69, 9.17) is 11.6 Å². The number of aromatic nitrogens is 1. The first-order chi connectivity index (χ1) is 11.8. The normalized spacial score (nSPS) is 11.4. The van der Waals surface area contributed by atoms with Gasteiger partial charge in [0.25, 0.3) is 5.91 Å². The minimum atomic E-state index is -3.74. The molecule has 0 bridgehead atoms. The lowest BCUT2D eigenvalue weighted by atomic mass is 10.2. The van der Waals surface area contributed by atoms with Crippen molar-refractivity contribution in [1.29, 1.82) is 0 Å². The molecule has 3 rings (SSSR count). The molecule has 6 nitrogen and oxygen atoms in total. The molecule has 1 heterocycles. The van der Waals surface area contributed by atoms with Crippen LogP contribution in [0, 0.1) is 6.92 Å². The first kappa shape index (κ1) is 17.7. The highest BCUT2D eigenvalue weighted by atomic mass is 35.5. The van der Waals surface area contributed by atoms with Crippen LogP contribution in [-0.4, -0.2) is 25.1 Å². The molecule has 2 aromatic carbocycles. The minimum Gasteiger partial charge on any atom is -0.273 e. The Morgan fingerprint density at radius 2 is 1.92 bits per heavy atom. The van der Waals surface area contributed by atoms with Crippen molar-refractivity contribution in [2.45, 2.75) is 11.8 Å². The summed E-state index contributed by atoms with van der Waals surface area (Å²) in [6, 6.07) is 11.5. The van der Waals surface area contributed by atoms with Gasteiger partial charge in [0.1, 0.15) is 5.75 Å². The Balaban J connectivity index is 1.64. The van der Waals surface area contributed by atoms with Crippen LogP contribution in [0.1, 0.15) is 5.56 Å². The number of sulfone groups is 1. The number of hydrogen-bond acceptors (Lipinski definition) is 6. The maximum atomic E-state index is 12.2. The van der Waals surface area contributed by atoms with E-state index < -0.39 is 21.5 Å². The van der Waals surface area contributed by atoms with Crippen molar-refractivity contribution in [2.75, 3.05) is 11.2 Å². The molecular weight excluding hydrogens is 382 g/mol. The lowest BCUT2D eigenvalue weighted by Crippen LogP contribution is -2.34. The second-order valence-electron chi connectivity index (χ2n) is 5.38. The summed E-state index contributed by atoms with van der Waals surface area (Å²) in [6.45, 7) is 1.98. The van der Waals surface area contributed by atoms with Crippen molar-refractivity contribution in [1.82, 2.24) is 10.4 Å². The fraction of sp³-hybridized carbons (Fsp3) is 0.125. The van der Waals surface area contributed by atoms with Gasteiger partial charge in [0, 0.05) is 5.02 Å². The molecule has 3 aromatic rings. The number of rotatable bonds is 5. The highest BCUT2D eigenvalue weighted by Crippen LogP contribution is 2.26. The van der Waals surface area contributed by atoms with Crippen molar-refractivity contribution in [3.63, 3.8) is 0 Å². The maximum Gasteiger partial charge on any atom is 0.253 e. The second-order valence-corrected chi connectivity index (χ2v) is 8.83. The van der Waals surface area contributed by atoms with Crippen molar-refractivity contribution in [3.05, 3.63) is 53.1 Å². The van der Waals surface area contributed by atoms with Gasteiger partial charge in [-0.15, -0.1) is 0 Å². The number of aryl methyl sites for hydroxylation is 1. The maximum absolute atomic E-state index is 12.2. The van der Waals surface area contributed by atoms with Gasteiger partial charge >= 0.3 is 0 Å². The number of thiazole rings is 1. The van der Waals surface area contributed by atoms with Crippen molar-refractivity contribution < 1.29 is 13.2 Å². The third-order valence-corrected chi connectivity index (χ3v) is 6.16. The average molecular weight is 396 g/mol. The van der Waals surface area contributed by atoms with E-state index in [1.807, 2.05) is 25.1 Å². The highest BCUT2D eigenvalue weighted by molar-refractivity contribution is 7.92. The molecule has 0 aliphatic rings. The van der Waals surface area contributed by atoms with E-state index in [0.717, 1.165) is 15.8 Å². The lowest BCUT2D eigenvalue weighted by molar-refractivity contribution is -0.118. The number of carbonyl (C=O) groups is 1. The van der Waals surface area contributed by atoms with E-state index in [0.29, 0.717) is 10.2 Å². The van der Waals surface area contributed by atoms with E-state index in [1.54, 1.807) is 0 Å². The van der Waals surface area contributed by atoms with Crippen LogP contribution in [0.5, 0.6) is 0 Å². The van der Waals surface area contributed by atoms with Crippen molar-refractivity contribution in [3.8, 4) is 0 Å². The zero-order valence-electron chi connectivity index (χ0n) is 13.1. The first-order valence-electron chi connectivity index (χ1n) is 7.24. The predicted molar refractivity (Wildman–Crippen MR) is 99.6 cm³/mol. The molecule has 0 aliphatic carbocycles. The zero-order valence-corrected chi connectivity index (χ0v) is 15.5. The summed E-state index contributed by atoms with van der Waals surface area (Å²) in [5.74, 6) is -1.35. The number of hydrogen-bond donors (Lipinski definition) is 2. The smallest absolute Gasteiger partial charge is 0.253 e. The first-order valence-corrected chi connectivity index (χ1v) is 10.1. The Morgan fingerprint density at radius 3 is 2.64 bits per heavy atom. The number of anilines is 1. The van der Waals surface area contributed by atoms with E-state index in [-0.39, 0.29) is 4.90 Å². The molecule has 25 heavy (non-hydrogen) atoms. The topological polar surface area (TPSA) is 88.2 Å². The molecule has 0 spiro atoms. The Bertz CT molecular complexity index is 1030. The summed E-state index contributed by atoms with van der Waals surface area (Å²) in [5, 5.41) is 0.911. The summed E-state index contributed by atoms with van der Waals surface area (Å²) in [6.07, 6.45) is 0. The predicted octanol–water partition coefficient (Wildman–Crippen LogP) is 3.18. The van der Waals surface area contributed by atoms with Crippen LogP contribution in [0.2, 0.25) is 5.02 Å². The summed E-state index contributed by atoms with van der Waals surface area (Å²) in [5.41, 5.74) is 6.94. The van der Waals surface area contributed by atoms with Gasteiger partial charge in [0.2, 0.25) is 5.13 Å². The van der Waals surface area contributed by atoms with Gasteiger partial charge in [0.05, 0.1) is 15.1 Å². The van der Waals surface area contributed by atoms with Crippen LogP contribution in [0.3, 0.4) is 0 Å². The van der Waals surface area contributed by atoms with Crippen LogP contribution in [-0.2, 0) is 14.6 Å². The molecule has 0 aliphatic heterocycles. The van der Waals surface area contributed by atoms with Gasteiger partial charge in [0.15, 0.2) is 9.84 Å². The fourth-order valence-electron chi connectivity index (χ4n) is 2.14. The highest BCUT2D eigenvalue weighted by Gasteiger charge is 2.19. The Labute approximate surface area is 153 Å². The van der Waals surface area contributed by atoms with Gasteiger partial charge in [-0.25, -0.2) is 13.4 Å². The van der Waals surface area contributed by atoms with Gasteiger partial charge in [-0.2, -0.15) is 0 Å². The molecule has 0 saturated heterocycles. The molecule has 130 valence electrons. The average Bonchev–Trinajstić information content (AvgIpc) is 2.95. The second kappa shape index (κ2) is 6.99. The summed E-state index contributed by atoms with van der Waals surface area (Å²) >= 11 is 7.11. The third-order valence-electron chi connectivity index (χ3n) is 3.35. The quantitative estimate of drug-likeness (QED) is 0.648. The van der Waals surface area contributed by atoms with Gasteiger partial charge < -0.3 is 0 Å². The Kier molecular flexibility index (Phi) is 4.94. The number of carbonyl (C=O) groups excluding carboxylic acids is 1. The van der Waals surface area contributed by atoms with Crippen LogP contribution < -0.4 is 10.9 Å². The molecule has 0 unspecified atom stereocenters. The SMILES string of the molecule is Cc1ccc2nc(NNC(=O)CS(=O)(=O)c3ccc(Cl)cc3)sc2c1. The molecule has 1 amide bonds. The molecule has 0 saturated carbocycles. The summed E-state index contributed by atoms with van der Waals surface area (Å²) in [4.78, 5) is 16.3. The minimum absolute atomic E-state index is 0.0440. The van der Waals surface area contributed by atoms with Crippen LogP contribution >= 0.6 is 22.9 Å². The van der Waals surface area contributed by atoms with E-state index >= 15 is 0 Å². The number of halogens is 1. The van der Waals surface area contributed by atoms with Gasteiger partial charge in [-0.1, -0.05) is 29.0 Å². The number of nitrogens with zero attached hydrogens (tertiary/aromatic N) is 1. The lowest BCUT2D eigenvalue weighted by Gasteiger charge is -2.06. The van der Waals surface area contributed by atoms with E-state index in [9.17, 15) is 13.2 Å². The number of amides is 1. The van der Waals surface area contributed by atoms with Crippen molar-refractivity contribution in [2.24, 2.45) is 0 Å². The van der Waals surface area contributed by atoms with Crippen LogP contribution in [0.4, 0.5) is 5.13 Å². The van der Waals surface area contributed by atoms with E-state index in [2.05, 4.69) is 15.8 Å². The summed E-state index contributed by atoms with van der Waals surface area (Å²) < 4.78 is 25.4. The van der Waals surface area contributed by atoms with Crippen LogP contribution in [0.15, 0.2) is 47.4 Å². The Morgan fingerprint density at radius 1 is 1.20 bits per heavy atom. The number of benzene rings is 2. The molecule has 0 fully saturated rings. The third kappa shape index (κ3) is 4.28. The van der Waals surface area contributed by atoms with Gasteiger partial charge in [-0.3, -0.25) is 15.6 Å². The fourth-order valence-corrected chi connectivity index (χ4v) is 4.32. The summed E-state index contributed by atoms with van der Waals surface area (Å²) in [7, 11) is -3.74. The largest absolute Gasteiger partial charge is 0.273 e. The number of fused-ring (bicyclic) bond motifs is 1. The van der Waals surface area contributed by atoms with E-state index in [1.165, 1.54) is 35.6 Å². The molecule has 1 aromatic heterocycles. The molecule has 0 radical (unpaired) electrons. The Hall–Kier alpha value is -2.16. The molecule has 2 N–H and O–H groups in total. The zero-order chi connectivity index (χ0) is 18.0. The molecule has 9 heteroatoms. The monoisotopic (exact) mass is 395 g/mol. The van der Waals surface area contributed by atoms with Gasteiger partial charge in [-0.05, 0) is 48.9 Å². The standard InChI is InChI=1S/C16H14ClN3O3S2/c1-10-2-7-13-14(8-10)24-16(18-13)20-19-15(21)9-25(22,23)12-5-3-11(17)4-6-12/h2-8H,9H2,1H3,(H,18,20)(H,19,21). The molecule has 0 atom stereocenters. The molecular formula is C16H14ClN3O3S2.